The number of nitriles is 1. The summed E-state index contributed by atoms with van der Waals surface area (Å²) in [5.74, 6) is -0.883. The Bertz CT molecular complexity index is 491. The first kappa shape index (κ1) is 12.5. The second-order valence-corrected chi connectivity index (χ2v) is 3.30. The Morgan fingerprint density at radius 1 is 1.41 bits per heavy atom. The SMILES string of the molecule is CC(=O)Nc1cc(NC(=O)CC#N)ccc1O. The van der Waals surface area contributed by atoms with Crippen LogP contribution in [0.2, 0.25) is 0 Å². The van der Waals surface area contributed by atoms with Crippen molar-refractivity contribution in [3.63, 3.8) is 0 Å². The summed E-state index contributed by atoms with van der Waals surface area (Å²) in [5.41, 5.74) is 0.596. The molecule has 6 heteroatoms. The van der Waals surface area contributed by atoms with Crippen molar-refractivity contribution in [3.8, 4) is 11.8 Å². The number of aromatic hydroxyl groups is 1. The minimum Gasteiger partial charge on any atom is -0.506 e. The second-order valence-electron chi connectivity index (χ2n) is 3.30. The molecule has 0 heterocycles. The smallest absolute Gasteiger partial charge is 0.238 e. The highest BCUT2D eigenvalue weighted by atomic mass is 16.3. The van der Waals surface area contributed by atoms with Crippen molar-refractivity contribution in [2.75, 3.05) is 10.6 Å². The van der Waals surface area contributed by atoms with Crippen molar-refractivity contribution in [1.82, 2.24) is 0 Å². The van der Waals surface area contributed by atoms with E-state index in [0.29, 0.717) is 5.69 Å². The molecule has 1 aromatic carbocycles. The van der Waals surface area contributed by atoms with Crippen molar-refractivity contribution in [1.29, 1.82) is 5.26 Å². The third kappa shape index (κ3) is 3.83. The lowest BCUT2D eigenvalue weighted by Crippen LogP contribution is -2.11. The highest BCUT2D eigenvalue weighted by molar-refractivity contribution is 5.95. The van der Waals surface area contributed by atoms with Gasteiger partial charge in [-0.3, -0.25) is 9.59 Å². The van der Waals surface area contributed by atoms with Crippen LogP contribution in [0.15, 0.2) is 18.2 Å². The van der Waals surface area contributed by atoms with Gasteiger partial charge in [-0.25, -0.2) is 0 Å². The van der Waals surface area contributed by atoms with E-state index in [4.69, 9.17) is 5.26 Å². The predicted octanol–water partition coefficient (Wildman–Crippen LogP) is 1.20. The molecular weight excluding hydrogens is 222 g/mol. The minimum absolute atomic E-state index is 0.0986. The van der Waals surface area contributed by atoms with Crippen molar-refractivity contribution in [2.45, 2.75) is 13.3 Å². The largest absolute Gasteiger partial charge is 0.506 e. The van der Waals surface area contributed by atoms with E-state index >= 15 is 0 Å². The van der Waals surface area contributed by atoms with Crippen LogP contribution in [0.1, 0.15) is 13.3 Å². The molecule has 0 aliphatic rings. The van der Waals surface area contributed by atoms with Gasteiger partial charge in [0.1, 0.15) is 12.2 Å². The molecule has 0 fully saturated rings. The van der Waals surface area contributed by atoms with E-state index in [1.165, 1.54) is 25.1 Å². The molecule has 0 aliphatic carbocycles. The maximum absolute atomic E-state index is 11.1. The maximum Gasteiger partial charge on any atom is 0.238 e. The molecule has 3 N–H and O–H groups in total. The fourth-order valence-corrected chi connectivity index (χ4v) is 1.18. The molecule has 0 atom stereocenters. The highest BCUT2D eigenvalue weighted by Gasteiger charge is 2.06. The number of hydrogen-bond donors (Lipinski definition) is 3. The average Bonchev–Trinajstić information content (AvgIpc) is 2.22. The van der Waals surface area contributed by atoms with Gasteiger partial charge in [-0.2, -0.15) is 5.26 Å². The predicted molar refractivity (Wildman–Crippen MR) is 61.3 cm³/mol. The monoisotopic (exact) mass is 233 g/mol. The van der Waals surface area contributed by atoms with Crippen LogP contribution in [0.25, 0.3) is 0 Å². The summed E-state index contributed by atoms with van der Waals surface area (Å²) in [6, 6.07) is 5.93. The molecule has 0 saturated carbocycles. The van der Waals surface area contributed by atoms with Gasteiger partial charge >= 0.3 is 0 Å². The van der Waals surface area contributed by atoms with Crippen LogP contribution in [0, 0.1) is 11.3 Å². The first-order valence-electron chi connectivity index (χ1n) is 4.80. The van der Waals surface area contributed by atoms with E-state index in [2.05, 4.69) is 10.6 Å². The van der Waals surface area contributed by atoms with Crippen molar-refractivity contribution in [3.05, 3.63) is 18.2 Å². The van der Waals surface area contributed by atoms with Crippen LogP contribution < -0.4 is 10.6 Å². The van der Waals surface area contributed by atoms with Gasteiger partial charge < -0.3 is 15.7 Å². The highest BCUT2D eigenvalue weighted by Crippen LogP contribution is 2.26. The van der Waals surface area contributed by atoms with Crippen LogP contribution >= 0.6 is 0 Å². The molecule has 0 saturated heterocycles. The number of anilines is 2. The number of amides is 2. The number of carbonyl (C=O) groups excluding carboxylic acids is 2. The number of nitrogens with one attached hydrogen (secondary N) is 2. The zero-order valence-electron chi connectivity index (χ0n) is 9.15. The first-order chi connectivity index (χ1) is 8.02. The zero-order chi connectivity index (χ0) is 12.8. The van der Waals surface area contributed by atoms with Crippen LogP contribution in [-0.2, 0) is 9.59 Å². The number of hydrogen-bond acceptors (Lipinski definition) is 4. The van der Waals surface area contributed by atoms with Gasteiger partial charge in [-0.1, -0.05) is 0 Å². The molecule has 88 valence electrons. The lowest BCUT2D eigenvalue weighted by atomic mass is 10.2. The van der Waals surface area contributed by atoms with Gasteiger partial charge in [0.25, 0.3) is 0 Å². The third-order valence-electron chi connectivity index (χ3n) is 1.83. The Kier molecular flexibility index (Phi) is 4.06. The standard InChI is InChI=1S/C11H11N3O3/c1-7(15)13-9-6-8(2-3-10(9)16)14-11(17)4-5-12/h2-3,6,16H,4H2,1H3,(H,13,15)(H,14,17). The van der Waals surface area contributed by atoms with Gasteiger partial charge in [0, 0.05) is 12.6 Å². The molecule has 0 radical (unpaired) electrons. The minimum atomic E-state index is -0.452. The van der Waals surface area contributed by atoms with Gasteiger partial charge in [0.2, 0.25) is 11.8 Å². The molecular formula is C11H11N3O3. The molecule has 1 aromatic rings. The summed E-state index contributed by atoms with van der Waals surface area (Å²) in [4.78, 5) is 22.0. The van der Waals surface area contributed by atoms with Crippen LogP contribution in [0.3, 0.4) is 0 Å². The summed E-state index contributed by atoms with van der Waals surface area (Å²) >= 11 is 0. The lowest BCUT2D eigenvalue weighted by Gasteiger charge is -2.08. The molecule has 0 unspecified atom stereocenters. The summed E-state index contributed by atoms with van der Waals surface area (Å²) in [6.07, 6.45) is -0.254. The Balaban J connectivity index is 2.85. The summed E-state index contributed by atoms with van der Waals surface area (Å²) in [7, 11) is 0. The van der Waals surface area contributed by atoms with Crippen LogP contribution in [0.5, 0.6) is 5.75 Å². The van der Waals surface area contributed by atoms with E-state index in [9.17, 15) is 14.7 Å². The first-order valence-corrected chi connectivity index (χ1v) is 4.80. The zero-order valence-corrected chi connectivity index (χ0v) is 9.15. The van der Waals surface area contributed by atoms with Gasteiger partial charge in [-0.15, -0.1) is 0 Å². The summed E-state index contributed by atoms with van der Waals surface area (Å²) in [5, 5.41) is 22.6. The van der Waals surface area contributed by atoms with Crippen LogP contribution in [0.4, 0.5) is 11.4 Å². The van der Waals surface area contributed by atoms with E-state index < -0.39 is 5.91 Å². The lowest BCUT2D eigenvalue weighted by molar-refractivity contribution is -0.115. The fraction of sp³-hybridized carbons (Fsp3) is 0.182. The van der Waals surface area contributed by atoms with Crippen molar-refractivity contribution in [2.24, 2.45) is 0 Å². The number of phenols is 1. The molecule has 0 aromatic heterocycles. The molecule has 2 amide bonds. The Morgan fingerprint density at radius 2 is 2.12 bits per heavy atom. The van der Waals surface area contributed by atoms with E-state index in [-0.39, 0.29) is 23.8 Å². The topological polar surface area (TPSA) is 102 Å². The fourth-order valence-electron chi connectivity index (χ4n) is 1.18. The Hall–Kier alpha value is -2.55. The normalized spacial score (nSPS) is 9.18. The summed E-state index contributed by atoms with van der Waals surface area (Å²) < 4.78 is 0. The maximum atomic E-state index is 11.1. The van der Waals surface area contributed by atoms with Crippen LogP contribution in [-0.4, -0.2) is 16.9 Å². The average molecular weight is 233 g/mol. The molecule has 0 bridgehead atoms. The van der Waals surface area contributed by atoms with Gasteiger partial charge in [0.05, 0.1) is 11.8 Å². The van der Waals surface area contributed by atoms with Crippen molar-refractivity contribution >= 4 is 23.2 Å². The quantitative estimate of drug-likeness (QED) is 0.539. The van der Waals surface area contributed by atoms with E-state index in [1.54, 1.807) is 6.07 Å². The molecule has 6 nitrogen and oxygen atoms in total. The molecule has 17 heavy (non-hydrogen) atoms. The van der Waals surface area contributed by atoms with E-state index in [1.807, 2.05) is 0 Å². The molecule has 0 spiro atoms. The van der Waals surface area contributed by atoms with Gasteiger partial charge in [-0.05, 0) is 18.2 Å². The van der Waals surface area contributed by atoms with Gasteiger partial charge in [0.15, 0.2) is 0 Å². The molecule has 0 aliphatic heterocycles. The number of phenolic OH excluding ortho intramolecular Hbond substituents is 1. The number of rotatable bonds is 3. The van der Waals surface area contributed by atoms with E-state index in [0.717, 1.165) is 0 Å². The Morgan fingerprint density at radius 3 is 2.71 bits per heavy atom. The third-order valence-corrected chi connectivity index (χ3v) is 1.83. The molecule has 1 rings (SSSR count). The number of carbonyl (C=O) groups is 2. The Labute approximate surface area is 97.9 Å². The number of nitrogens with zero attached hydrogens (tertiary/aromatic N) is 1. The second kappa shape index (κ2) is 5.51. The van der Waals surface area contributed by atoms with Crippen molar-refractivity contribution < 1.29 is 14.7 Å². The summed E-state index contributed by atoms with van der Waals surface area (Å²) in [6.45, 7) is 1.31. The number of benzene rings is 1.